The van der Waals surface area contributed by atoms with Gasteiger partial charge in [0, 0.05) is 17.3 Å². The van der Waals surface area contributed by atoms with Crippen LogP contribution in [0.4, 0.5) is 0 Å². The predicted molar refractivity (Wildman–Crippen MR) is 139 cm³/mol. The SMILES string of the molecule is Cc1ccc(-c2cc(C(O)C#Cc3ccc(C(=O)O)cn3)cc(C(C)(C)C)c2OCC(C)C)cc1. The molecule has 1 heterocycles. The van der Waals surface area contributed by atoms with Crippen molar-refractivity contribution in [3.05, 3.63) is 82.7 Å². The van der Waals surface area contributed by atoms with Crippen LogP contribution in [-0.2, 0) is 5.41 Å². The van der Waals surface area contributed by atoms with Gasteiger partial charge >= 0.3 is 5.97 Å². The first kappa shape index (κ1) is 26.0. The minimum Gasteiger partial charge on any atom is -0.492 e. The average molecular weight is 472 g/mol. The first-order valence-electron chi connectivity index (χ1n) is 11.7. The zero-order valence-electron chi connectivity index (χ0n) is 21.2. The Hall–Kier alpha value is -3.62. The molecule has 2 N–H and O–H groups in total. The number of pyridine rings is 1. The maximum atomic E-state index is 11.0. The standard InChI is InChI=1S/C30H33NO4/c1-19(2)18-35-28-25(21-9-7-20(3)8-10-21)15-23(16-26(28)30(4,5)6)27(32)14-13-24-12-11-22(17-31-24)29(33)34/h7-12,15-17,19,27,32H,18H2,1-6H3,(H,33,34). The molecule has 0 aliphatic heterocycles. The molecule has 182 valence electrons. The predicted octanol–water partition coefficient (Wildman–Crippen LogP) is 6.17. The van der Waals surface area contributed by atoms with Gasteiger partial charge in [0.2, 0.25) is 0 Å². The van der Waals surface area contributed by atoms with Crippen LogP contribution in [0.15, 0.2) is 54.7 Å². The maximum absolute atomic E-state index is 11.0. The van der Waals surface area contributed by atoms with Crippen molar-refractivity contribution in [3.63, 3.8) is 0 Å². The molecule has 0 bridgehead atoms. The molecule has 35 heavy (non-hydrogen) atoms. The monoisotopic (exact) mass is 471 g/mol. The van der Waals surface area contributed by atoms with E-state index in [0.717, 1.165) is 28.0 Å². The van der Waals surface area contributed by atoms with E-state index in [4.69, 9.17) is 9.84 Å². The summed E-state index contributed by atoms with van der Waals surface area (Å²) < 4.78 is 6.36. The lowest BCUT2D eigenvalue weighted by Crippen LogP contribution is -2.17. The number of aromatic carboxylic acids is 1. The van der Waals surface area contributed by atoms with Gasteiger partial charge in [0.1, 0.15) is 17.5 Å². The number of ether oxygens (including phenoxy) is 1. The molecule has 3 rings (SSSR count). The van der Waals surface area contributed by atoms with E-state index in [2.05, 4.69) is 75.7 Å². The molecule has 0 radical (unpaired) electrons. The van der Waals surface area contributed by atoms with Crippen LogP contribution in [0, 0.1) is 24.7 Å². The lowest BCUT2D eigenvalue weighted by molar-refractivity contribution is 0.0696. The van der Waals surface area contributed by atoms with Crippen molar-refractivity contribution < 1.29 is 19.7 Å². The van der Waals surface area contributed by atoms with Crippen LogP contribution in [0.5, 0.6) is 5.75 Å². The van der Waals surface area contributed by atoms with Gasteiger partial charge in [-0.25, -0.2) is 9.78 Å². The fourth-order valence-electron chi connectivity index (χ4n) is 3.54. The number of carbonyl (C=O) groups is 1. The van der Waals surface area contributed by atoms with Crippen molar-refractivity contribution in [2.75, 3.05) is 6.61 Å². The first-order chi connectivity index (χ1) is 16.5. The molecule has 0 amide bonds. The summed E-state index contributed by atoms with van der Waals surface area (Å²) in [6.07, 6.45) is 0.202. The van der Waals surface area contributed by atoms with Gasteiger partial charge in [-0.1, -0.05) is 70.4 Å². The van der Waals surface area contributed by atoms with Crippen LogP contribution >= 0.6 is 0 Å². The average Bonchev–Trinajstić information content (AvgIpc) is 2.80. The third-order valence-electron chi connectivity index (χ3n) is 5.51. The summed E-state index contributed by atoms with van der Waals surface area (Å²) in [6.45, 7) is 13.2. The molecule has 1 unspecified atom stereocenters. The zero-order valence-corrected chi connectivity index (χ0v) is 21.2. The number of aromatic nitrogens is 1. The van der Waals surface area contributed by atoms with Gasteiger partial charge in [0.05, 0.1) is 12.2 Å². The molecule has 1 aromatic heterocycles. The van der Waals surface area contributed by atoms with Gasteiger partial charge < -0.3 is 14.9 Å². The summed E-state index contributed by atoms with van der Waals surface area (Å²) >= 11 is 0. The van der Waals surface area contributed by atoms with E-state index in [1.807, 2.05) is 19.1 Å². The van der Waals surface area contributed by atoms with E-state index in [9.17, 15) is 9.90 Å². The van der Waals surface area contributed by atoms with Crippen molar-refractivity contribution in [1.29, 1.82) is 0 Å². The second kappa shape index (κ2) is 10.8. The smallest absolute Gasteiger partial charge is 0.337 e. The van der Waals surface area contributed by atoms with E-state index in [-0.39, 0.29) is 11.0 Å². The maximum Gasteiger partial charge on any atom is 0.337 e. The molecule has 2 aromatic carbocycles. The van der Waals surface area contributed by atoms with Crippen molar-refractivity contribution >= 4 is 5.97 Å². The Balaban J connectivity index is 2.10. The van der Waals surface area contributed by atoms with Crippen LogP contribution in [0.25, 0.3) is 11.1 Å². The normalized spacial score (nSPS) is 12.1. The number of aryl methyl sites for hydroxylation is 1. The number of aliphatic hydroxyl groups is 1. The highest BCUT2D eigenvalue weighted by Crippen LogP contribution is 2.42. The Bertz CT molecular complexity index is 1240. The van der Waals surface area contributed by atoms with Crippen LogP contribution in [-0.4, -0.2) is 27.8 Å². The molecule has 3 aromatic rings. The largest absolute Gasteiger partial charge is 0.492 e. The molecule has 0 fully saturated rings. The Kier molecular flexibility index (Phi) is 7.99. The van der Waals surface area contributed by atoms with Crippen LogP contribution in [0.2, 0.25) is 0 Å². The fourth-order valence-corrected chi connectivity index (χ4v) is 3.54. The lowest BCUT2D eigenvalue weighted by atomic mass is 9.82. The van der Waals surface area contributed by atoms with Crippen molar-refractivity contribution in [1.82, 2.24) is 4.98 Å². The molecule has 0 aliphatic rings. The second-order valence-corrected chi connectivity index (χ2v) is 10.2. The van der Waals surface area contributed by atoms with E-state index >= 15 is 0 Å². The molecule has 0 spiro atoms. The highest BCUT2D eigenvalue weighted by Gasteiger charge is 2.25. The number of nitrogens with zero attached hydrogens (tertiary/aromatic N) is 1. The third kappa shape index (κ3) is 6.71. The number of benzene rings is 2. The van der Waals surface area contributed by atoms with Crippen molar-refractivity contribution in [2.24, 2.45) is 5.92 Å². The van der Waals surface area contributed by atoms with Crippen LogP contribution < -0.4 is 4.74 Å². The minimum absolute atomic E-state index is 0.0886. The summed E-state index contributed by atoms with van der Waals surface area (Å²) in [7, 11) is 0. The summed E-state index contributed by atoms with van der Waals surface area (Å²) in [5.74, 6) is 5.85. The summed E-state index contributed by atoms with van der Waals surface area (Å²) in [5.41, 5.74) is 4.99. The number of carboxylic acid groups (broad SMARTS) is 1. The molecule has 0 saturated heterocycles. The van der Waals surface area contributed by atoms with Gasteiger partial charge in [-0.05, 0) is 59.6 Å². The van der Waals surface area contributed by atoms with Gasteiger partial charge in [-0.15, -0.1) is 0 Å². The first-order valence-corrected chi connectivity index (χ1v) is 11.7. The Morgan fingerprint density at radius 1 is 1.09 bits per heavy atom. The van der Waals surface area contributed by atoms with Gasteiger partial charge in [-0.3, -0.25) is 0 Å². The Labute approximate surface area is 207 Å². The van der Waals surface area contributed by atoms with Crippen molar-refractivity contribution in [2.45, 2.75) is 53.1 Å². The van der Waals surface area contributed by atoms with Gasteiger partial charge in [0.25, 0.3) is 0 Å². The van der Waals surface area contributed by atoms with E-state index < -0.39 is 12.1 Å². The van der Waals surface area contributed by atoms with E-state index in [1.165, 1.54) is 18.3 Å². The summed E-state index contributed by atoms with van der Waals surface area (Å²) in [4.78, 5) is 15.1. The van der Waals surface area contributed by atoms with Crippen molar-refractivity contribution in [3.8, 4) is 28.7 Å². The Morgan fingerprint density at radius 3 is 2.31 bits per heavy atom. The fraction of sp³-hybridized carbons (Fsp3) is 0.333. The second-order valence-electron chi connectivity index (χ2n) is 10.2. The molecule has 5 nitrogen and oxygen atoms in total. The highest BCUT2D eigenvalue weighted by molar-refractivity contribution is 5.87. The highest BCUT2D eigenvalue weighted by atomic mass is 16.5. The number of aliphatic hydroxyl groups excluding tert-OH is 1. The molecule has 0 saturated carbocycles. The molecular formula is C30H33NO4. The molecule has 0 aliphatic carbocycles. The Morgan fingerprint density at radius 2 is 1.77 bits per heavy atom. The number of carboxylic acids is 1. The van der Waals surface area contributed by atoms with Crippen LogP contribution in [0.1, 0.15) is 73.5 Å². The minimum atomic E-state index is -1.06. The molecular weight excluding hydrogens is 438 g/mol. The van der Waals surface area contributed by atoms with Gasteiger partial charge in [0.15, 0.2) is 0 Å². The summed E-state index contributed by atoms with van der Waals surface area (Å²) in [5, 5.41) is 20.0. The van der Waals surface area contributed by atoms with E-state index in [1.54, 1.807) is 0 Å². The van der Waals surface area contributed by atoms with Gasteiger partial charge in [-0.2, -0.15) is 0 Å². The zero-order chi connectivity index (χ0) is 25.8. The third-order valence-corrected chi connectivity index (χ3v) is 5.51. The lowest BCUT2D eigenvalue weighted by Gasteiger charge is -2.27. The number of rotatable bonds is 6. The quantitative estimate of drug-likeness (QED) is 0.420. The summed E-state index contributed by atoms with van der Waals surface area (Å²) in [6, 6.07) is 15.1. The number of hydrogen-bond acceptors (Lipinski definition) is 4. The number of hydrogen-bond donors (Lipinski definition) is 2. The van der Waals surface area contributed by atoms with E-state index in [0.29, 0.717) is 23.8 Å². The molecule has 1 atom stereocenters. The topological polar surface area (TPSA) is 79.7 Å². The van der Waals surface area contributed by atoms with Crippen LogP contribution in [0.3, 0.4) is 0 Å². The molecule has 5 heteroatoms.